The number of nitrogens with zero attached hydrogens (tertiary/aromatic N) is 3. The van der Waals surface area contributed by atoms with E-state index in [0.717, 1.165) is 5.69 Å². The third-order valence-electron chi connectivity index (χ3n) is 2.19. The molecule has 0 amide bonds. The third kappa shape index (κ3) is 1.66. The predicted octanol–water partition coefficient (Wildman–Crippen LogP) is 1.61. The van der Waals surface area contributed by atoms with Crippen LogP contribution in [0.1, 0.15) is 25.6 Å². The van der Waals surface area contributed by atoms with Crippen molar-refractivity contribution in [2.45, 2.75) is 26.5 Å². The van der Waals surface area contributed by atoms with Crippen LogP contribution in [0.25, 0.3) is 11.4 Å². The lowest BCUT2D eigenvalue weighted by molar-refractivity contribution is 0.248. The van der Waals surface area contributed by atoms with Crippen molar-refractivity contribution in [2.24, 2.45) is 0 Å². The Labute approximate surface area is 87.4 Å². The zero-order valence-electron chi connectivity index (χ0n) is 8.71. The number of aromatic nitrogens is 3. The van der Waals surface area contributed by atoms with Gasteiger partial charge in [0.05, 0.1) is 5.69 Å². The first-order valence-corrected chi connectivity index (χ1v) is 4.81. The van der Waals surface area contributed by atoms with Crippen molar-refractivity contribution in [1.82, 2.24) is 14.8 Å². The smallest absolute Gasteiger partial charge is 0.181 e. The number of oxazole rings is 1. The molecule has 0 aliphatic heterocycles. The minimum absolute atomic E-state index is 0.154. The summed E-state index contributed by atoms with van der Waals surface area (Å²) in [5.41, 5.74) is 1.52. The monoisotopic (exact) mass is 207 g/mol. The first-order valence-electron chi connectivity index (χ1n) is 4.81. The summed E-state index contributed by atoms with van der Waals surface area (Å²) in [6.45, 7) is 3.92. The summed E-state index contributed by atoms with van der Waals surface area (Å²) >= 11 is 0. The van der Waals surface area contributed by atoms with Gasteiger partial charge >= 0.3 is 0 Å². The highest BCUT2D eigenvalue weighted by Crippen LogP contribution is 2.23. The average molecular weight is 207 g/mol. The van der Waals surface area contributed by atoms with Gasteiger partial charge in [-0.25, -0.2) is 4.98 Å². The molecule has 0 saturated heterocycles. The lowest BCUT2D eigenvalue weighted by Gasteiger charge is -2.09. The fourth-order valence-electron chi connectivity index (χ4n) is 1.50. The highest BCUT2D eigenvalue weighted by molar-refractivity contribution is 5.56. The molecule has 5 nitrogen and oxygen atoms in total. The maximum Gasteiger partial charge on any atom is 0.181 e. The second-order valence-electron chi connectivity index (χ2n) is 3.54. The average Bonchev–Trinajstić information content (AvgIpc) is 2.85. The molecule has 15 heavy (non-hydrogen) atoms. The van der Waals surface area contributed by atoms with E-state index in [1.54, 1.807) is 6.20 Å². The van der Waals surface area contributed by atoms with Crippen molar-refractivity contribution in [2.75, 3.05) is 0 Å². The van der Waals surface area contributed by atoms with Crippen molar-refractivity contribution in [3.05, 3.63) is 24.4 Å². The SMILES string of the molecule is CC(C)n1nccc1-c1ncoc1CO. The summed E-state index contributed by atoms with van der Waals surface area (Å²) < 4.78 is 6.91. The number of hydrogen-bond donors (Lipinski definition) is 1. The molecule has 0 aliphatic rings. The van der Waals surface area contributed by atoms with E-state index in [9.17, 15) is 0 Å². The van der Waals surface area contributed by atoms with Crippen molar-refractivity contribution in [3.8, 4) is 11.4 Å². The van der Waals surface area contributed by atoms with Crippen LogP contribution in [0.3, 0.4) is 0 Å². The molecule has 0 aromatic carbocycles. The van der Waals surface area contributed by atoms with E-state index in [2.05, 4.69) is 10.1 Å². The van der Waals surface area contributed by atoms with Crippen molar-refractivity contribution in [3.63, 3.8) is 0 Å². The number of aliphatic hydroxyl groups excluding tert-OH is 1. The molecular weight excluding hydrogens is 194 g/mol. The molecule has 2 aromatic heterocycles. The molecule has 0 bridgehead atoms. The highest BCUT2D eigenvalue weighted by atomic mass is 16.4. The largest absolute Gasteiger partial charge is 0.445 e. The van der Waals surface area contributed by atoms with Crippen LogP contribution in [0.5, 0.6) is 0 Å². The van der Waals surface area contributed by atoms with E-state index in [0.29, 0.717) is 11.5 Å². The molecule has 1 N–H and O–H groups in total. The standard InChI is InChI=1S/C10H13N3O2/c1-7(2)13-8(3-4-12-13)10-9(5-14)15-6-11-10/h3-4,6-7,14H,5H2,1-2H3. The molecule has 0 unspecified atom stereocenters. The quantitative estimate of drug-likeness (QED) is 0.830. The minimum Gasteiger partial charge on any atom is -0.445 e. The maximum absolute atomic E-state index is 9.07. The summed E-state index contributed by atoms with van der Waals surface area (Å²) in [7, 11) is 0. The Kier molecular flexibility index (Phi) is 2.55. The molecule has 0 aliphatic carbocycles. The van der Waals surface area contributed by atoms with E-state index < -0.39 is 0 Å². The van der Waals surface area contributed by atoms with Crippen LogP contribution in [-0.4, -0.2) is 19.9 Å². The van der Waals surface area contributed by atoms with Gasteiger partial charge in [-0.2, -0.15) is 5.10 Å². The second-order valence-corrected chi connectivity index (χ2v) is 3.54. The third-order valence-corrected chi connectivity index (χ3v) is 2.19. The van der Waals surface area contributed by atoms with E-state index in [-0.39, 0.29) is 12.6 Å². The molecule has 5 heteroatoms. The van der Waals surface area contributed by atoms with Gasteiger partial charge in [0.1, 0.15) is 12.3 Å². The topological polar surface area (TPSA) is 64.1 Å². The molecule has 0 radical (unpaired) electrons. The molecule has 2 heterocycles. The Balaban J connectivity index is 2.49. The lowest BCUT2D eigenvalue weighted by atomic mass is 10.2. The van der Waals surface area contributed by atoms with Gasteiger partial charge in [-0.15, -0.1) is 0 Å². The van der Waals surface area contributed by atoms with Crippen LogP contribution >= 0.6 is 0 Å². The maximum atomic E-state index is 9.07. The van der Waals surface area contributed by atoms with E-state index in [1.807, 2.05) is 24.6 Å². The summed E-state index contributed by atoms with van der Waals surface area (Å²) in [5.74, 6) is 0.470. The van der Waals surface area contributed by atoms with E-state index in [4.69, 9.17) is 9.52 Å². The predicted molar refractivity (Wildman–Crippen MR) is 54.0 cm³/mol. The summed E-state index contributed by atoms with van der Waals surface area (Å²) in [6, 6.07) is 2.11. The normalized spacial score (nSPS) is 11.2. The summed E-state index contributed by atoms with van der Waals surface area (Å²) in [6.07, 6.45) is 3.05. The Morgan fingerprint density at radius 1 is 1.53 bits per heavy atom. The summed E-state index contributed by atoms with van der Waals surface area (Å²) in [4.78, 5) is 4.09. The van der Waals surface area contributed by atoms with Crippen LogP contribution in [0.2, 0.25) is 0 Å². The van der Waals surface area contributed by atoms with Gasteiger partial charge in [-0.05, 0) is 19.9 Å². The zero-order valence-corrected chi connectivity index (χ0v) is 8.71. The Morgan fingerprint density at radius 2 is 2.33 bits per heavy atom. The van der Waals surface area contributed by atoms with Crippen molar-refractivity contribution < 1.29 is 9.52 Å². The van der Waals surface area contributed by atoms with Gasteiger partial charge < -0.3 is 9.52 Å². The zero-order chi connectivity index (χ0) is 10.8. The molecular formula is C10H13N3O2. The van der Waals surface area contributed by atoms with Gasteiger partial charge in [0.15, 0.2) is 12.2 Å². The first kappa shape index (κ1) is 9.92. The van der Waals surface area contributed by atoms with Gasteiger partial charge in [-0.3, -0.25) is 4.68 Å². The molecule has 2 rings (SSSR count). The fraction of sp³-hybridized carbons (Fsp3) is 0.400. The van der Waals surface area contributed by atoms with Crippen molar-refractivity contribution >= 4 is 0 Å². The number of aliphatic hydroxyl groups is 1. The summed E-state index contributed by atoms with van der Waals surface area (Å²) in [5, 5.41) is 13.3. The van der Waals surface area contributed by atoms with Crippen LogP contribution in [0.4, 0.5) is 0 Å². The first-order chi connectivity index (χ1) is 7.24. The van der Waals surface area contributed by atoms with E-state index in [1.165, 1.54) is 6.39 Å². The van der Waals surface area contributed by atoms with Gasteiger partial charge in [-0.1, -0.05) is 0 Å². The molecule has 0 atom stereocenters. The molecule has 0 saturated carbocycles. The van der Waals surface area contributed by atoms with Crippen LogP contribution < -0.4 is 0 Å². The number of rotatable bonds is 3. The van der Waals surface area contributed by atoms with Gasteiger partial charge in [0.2, 0.25) is 0 Å². The van der Waals surface area contributed by atoms with Gasteiger partial charge in [0.25, 0.3) is 0 Å². The Hall–Kier alpha value is -1.62. The Morgan fingerprint density at radius 3 is 3.00 bits per heavy atom. The molecule has 2 aromatic rings. The second kappa shape index (κ2) is 3.86. The lowest BCUT2D eigenvalue weighted by Crippen LogP contribution is -2.05. The Bertz CT molecular complexity index is 445. The van der Waals surface area contributed by atoms with Crippen LogP contribution in [0, 0.1) is 0 Å². The minimum atomic E-state index is -0.154. The van der Waals surface area contributed by atoms with E-state index >= 15 is 0 Å². The fourth-order valence-corrected chi connectivity index (χ4v) is 1.50. The van der Waals surface area contributed by atoms with Crippen LogP contribution in [-0.2, 0) is 6.61 Å². The van der Waals surface area contributed by atoms with Crippen LogP contribution in [0.15, 0.2) is 23.1 Å². The van der Waals surface area contributed by atoms with Gasteiger partial charge in [0, 0.05) is 12.2 Å². The van der Waals surface area contributed by atoms with Crippen molar-refractivity contribution in [1.29, 1.82) is 0 Å². The molecule has 0 spiro atoms. The number of hydrogen-bond acceptors (Lipinski definition) is 4. The highest BCUT2D eigenvalue weighted by Gasteiger charge is 2.15. The molecule has 0 fully saturated rings. The molecule has 80 valence electrons.